The maximum absolute atomic E-state index is 12.4. The van der Waals surface area contributed by atoms with Crippen LogP contribution in [0.25, 0.3) is 0 Å². The Morgan fingerprint density at radius 3 is 3.13 bits per heavy atom. The molecule has 1 aliphatic rings. The Hall–Kier alpha value is -2.34. The van der Waals surface area contributed by atoms with Gasteiger partial charge in [0.2, 0.25) is 5.91 Å². The number of nitrogens with zero attached hydrogens (tertiary/aromatic N) is 2. The second kappa shape index (κ2) is 7.28. The zero-order valence-corrected chi connectivity index (χ0v) is 13.2. The molecule has 0 fully saturated rings. The SMILES string of the molecule is C[C@H](NCCn1cccn1)C(=O)N[C@@H]1CCOc2ccccc21. The van der Waals surface area contributed by atoms with Crippen LogP contribution in [0.5, 0.6) is 5.75 Å². The van der Waals surface area contributed by atoms with E-state index in [9.17, 15) is 4.79 Å². The minimum atomic E-state index is -0.249. The highest BCUT2D eigenvalue weighted by Gasteiger charge is 2.24. The molecule has 0 saturated carbocycles. The second-order valence-corrected chi connectivity index (χ2v) is 5.68. The third kappa shape index (κ3) is 3.90. The molecule has 6 nitrogen and oxygen atoms in total. The molecule has 0 bridgehead atoms. The first-order valence-corrected chi connectivity index (χ1v) is 7.97. The summed E-state index contributed by atoms with van der Waals surface area (Å²) < 4.78 is 7.46. The van der Waals surface area contributed by atoms with Crippen LogP contribution in [0.15, 0.2) is 42.7 Å². The molecule has 3 rings (SSSR count). The number of rotatable bonds is 6. The number of carbonyl (C=O) groups excluding carboxylic acids is 1. The standard InChI is InChI=1S/C17H22N4O2/c1-13(18-9-11-21-10-4-8-19-21)17(22)20-15-7-12-23-16-6-3-2-5-14(15)16/h2-6,8,10,13,15,18H,7,9,11-12H2,1H3,(H,20,22)/t13-,15+/m0/s1. The lowest BCUT2D eigenvalue weighted by molar-refractivity contribution is -0.123. The number of nitrogens with one attached hydrogen (secondary N) is 2. The molecule has 2 heterocycles. The Kier molecular flexibility index (Phi) is 4.92. The summed E-state index contributed by atoms with van der Waals surface area (Å²) in [6.07, 6.45) is 4.45. The van der Waals surface area contributed by atoms with E-state index in [1.165, 1.54) is 0 Å². The number of amides is 1. The molecule has 0 unspecified atom stereocenters. The van der Waals surface area contributed by atoms with Crippen molar-refractivity contribution in [3.05, 3.63) is 48.3 Å². The number of fused-ring (bicyclic) bond motifs is 1. The van der Waals surface area contributed by atoms with Gasteiger partial charge >= 0.3 is 0 Å². The molecule has 0 spiro atoms. The molecule has 2 N–H and O–H groups in total. The van der Waals surface area contributed by atoms with Crippen molar-refractivity contribution < 1.29 is 9.53 Å². The summed E-state index contributed by atoms with van der Waals surface area (Å²) >= 11 is 0. The fraction of sp³-hybridized carbons (Fsp3) is 0.412. The summed E-state index contributed by atoms with van der Waals surface area (Å²) in [4.78, 5) is 12.4. The van der Waals surface area contributed by atoms with Crippen LogP contribution in [-0.4, -0.2) is 34.9 Å². The van der Waals surface area contributed by atoms with Gasteiger partial charge in [0, 0.05) is 30.9 Å². The van der Waals surface area contributed by atoms with E-state index in [-0.39, 0.29) is 18.0 Å². The van der Waals surface area contributed by atoms with E-state index in [0.29, 0.717) is 13.2 Å². The molecule has 0 radical (unpaired) electrons. The van der Waals surface area contributed by atoms with Gasteiger partial charge in [-0.05, 0) is 19.1 Å². The van der Waals surface area contributed by atoms with Gasteiger partial charge in [-0.3, -0.25) is 9.48 Å². The maximum Gasteiger partial charge on any atom is 0.237 e. The highest BCUT2D eigenvalue weighted by Crippen LogP contribution is 2.31. The minimum Gasteiger partial charge on any atom is -0.493 e. The number of carbonyl (C=O) groups is 1. The van der Waals surface area contributed by atoms with Crippen LogP contribution in [0.4, 0.5) is 0 Å². The first-order valence-electron chi connectivity index (χ1n) is 7.97. The molecule has 2 atom stereocenters. The lowest BCUT2D eigenvalue weighted by Gasteiger charge is -2.27. The van der Waals surface area contributed by atoms with E-state index in [1.54, 1.807) is 6.20 Å². The molecule has 1 aliphatic heterocycles. The van der Waals surface area contributed by atoms with Gasteiger partial charge in [-0.25, -0.2) is 0 Å². The second-order valence-electron chi connectivity index (χ2n) is 5.68. The normalized spacial score (nSPS) is 17.9. The number of para-hydroxylation sites is 1. The lowest BCUT2D eigenvalue weighted by Crippen LogP contribution is -2.45. The number of ether oxygens (including phenoxy) is 1. The fourth-order valence-corrected chi connectivity index (χ4v) is 2.71. The highest BCUT2D eigenvalue weighted by atomic mass is 16.5. The predicted molar refractivity (Wildman–Crippen MR) is 87.1 cm³/mol. The lowest BCUT2D eigenvalue weighted by atomic mass is 10.0. The number of benzene rings is 1. The van der Waals surface area contributed by atoms with Gasteiger partial charge in [-0.2, -0.15) is 5.10 Å². The Balaban J connectivity index is 1.50. The van der Waals surface area contributed by atoms with Crippen molar-refractivity contribution in [2.45, 2.75) is 32.0 Å². The van der Waals surface area contributed by atoms with Crippen molar-refractivity contribution in [2.24, 2.45) is 0 Å². The van der Waals surface area contributed by atoms with E-state index in [0.717, 1.165) is 24.3 Å². The van der Waals surface area contributed by atoms with Crippen LogP contribution < -0.4 is 15.4 Å². The Bertz CT molecular complexity index is 642. The zero-order chi connectivity index (χ0) is 16.1. The monoisotopic (exact) mass is 314 g/mol. The summed E-state index contributed by atoms with van der Waals surface area (Å²) in [5.74, 6) is 0.871. The van der Waals surface area contributed by atoms with Crippen molar-refractivity contribution in [1.29, 1.82) is 0 Å². The fourth-order valence-electron chi connectivity index (χ4n) is 2.71. The summed E-state index contributed by atoms with van der Waals surface area (Å²) in [6, 6.07) is 9.53. The molecule has 1 amide bonds. The van der Waals surface area contributed by atoms with E-state index in [1.807, 2.05) is 48.1 Å². The van der Waals surface area contributed by atoms with Crippen molar-refractivity contribution in [3.63, 3.8) is 0 Å². The van der Waals surface area contributed by atoms with Crippen molar-refractivity contribution in [2.75, 3.05) is 13.2 Å². The van der Waals surface area contributed by atoms with E-state index in [2.05, 4.69) is 15.7 Å². The molecular formula is C17H22N4O2. The Morgan fingerprint density at radius 1 is 1.43 bits per heavy atom. The van der Waals surface area contributed by atoms with Crippen LogP contribution in [-0.2, 0) is 11.3 Å². The molecule has 0 aliphatic carbocycles. The van der Waals surface area contributed by atoms with Crippen LogP contribution >= 0.6 is 0 Å². The van der Waals surface area contributed by atoms with Crippen LogP contribution in [0.3, 0.4) is 0 Å². The van der Waals surface area contributed by atoms with Crippen LogP contribution in [0.1, 0.15) is 24.9 Å². The summed E-state index contributed by atoms with van der Waals surface area (Å²) in [7, 11) is 0. The quantitative estimate of drug-likeness (QED) is 0.848. The number of aromatic nitrogens is 2. The van der Waals surface area contributed by atoms with Crippen molar-refractivity contribution in [3.8, 4) is 5.75 Å². The van der Waals surface area contributed by atoms with E-state index in [4.69, 9.17) is 4.74 Å². The highest BCUT2D eigenvalue weighted by molar-refractivity contribution is 5.81. The zero-order valence-electron chi connectivity index (χ0n) is 13.2. The first kappa shape index (κ1) is 15.6. The smallest absolute Gasteiger partial charge is 0.237 e. The molecule has 2 aromatic rings. The summed E-state index contributed by atoms with van der Waals surface area (Å²) in [5, 5.41) is 10.5. The van der Waals surface area contributed by atoms with E-state index < -0.39 is 0 Å². The van der Waals surface area contributed by atoms with Gasteiger partial charge in [0.1, 0.15) is 5.75 Å². The average Bonchev–Trinajstić information content (AvgIpc) is 3.08. The van der Waals surface area contributed by atoms with Crippen molar-refractivity contribution in [1.82, 2.24) is 20.4 Å². The van der Waals surface area contributed by atoms with Gasteiger partial charge in [0.05, 0.1) is 25.2 Å². The number of hydrogen-bond donors (Lipinski definition) is 2. The summed E-state index contributed by atoms with van der Waals surface area (Å²) in [6.45, 7) is 3.94. The van der Waals surface area contributed by atoms with Crippen LogP contribution in [0, 0.1) is 0 Å². The predicted octanol–water partition coefficient (Wildman–Crippen LogP) is 1.50. The van der Waals surface area contributed by atoms with Gasteiger partial charge in [-0.1, -0.05) is 18.2 Å². The Morgan fingerprint density at radius 2 is 2.30 bits per heavy atom. The maximum atomic E-state index is 12.4. The minimum absolute atomic E-state index is 0.00664. The molecule has 122 valence electrons. The van der Waals surface area contributed by atoms with Crippen molar-refractivity contribution >= 4 is 5.91 Å². The van der Waals surface area contributed by atoms with Gasteiger partial charge < -0.3 is 15.4 Å². The average molecular weight is 314 g/mol. The molecule has 1 aromatic carbocycles. The molecule has 23 heavy (non-hydrogen) atoms. The van der Waals surface area contributed by atoms with Gasteiger partial charge in [0.15, 0.2) is 0 Å². The largest absolute Gasteiger partial charge is 0.493 e. The molecule has 1 aromatic heterocycles. The number of hydrogen-bond acceptors (Lipinski definition) is 4. The first-order chi connectivity index (χ1) is 11.2. The van der Waals surface area contributed by atoms with Crippen LogP contribution in [0.2, 0.25) is 0 Å². The molecule has 6 heteroatoms. The van der Waals surface area contributed by atoms with E-state index >= 15 is 0 Å². The topological polar surface area (TPSA) is 68.2 Å². The Labute approximate surface area is 135 Å². The third-order valence-corrected chi connectivity index (χ3v) is 4.02. The van der Waals surface area contributed by atoms with Gasteiger partial charge in [-0.15, -0.1) is 0 Å². The molecule has 0 saturated heterocycles. The summed E-state index contributed by atoms with van der Waals surface area (Å²) in [5.41, 5.74) is 1.05. The third-order valence-electron chi connectivity index (χ3n) is 4.02. The molecular weight excluding hydrogens is 292 g/mol. The van der Waals surface area contributed by atoms with Gasteiger partial charge in [0.25, 0.3) is 0 Å².